The summed E-state index contributed by atoms with van der Waals surface area (Å²) in [7, 11) is 1.46. The number of piperidine rings is 2. The van der Waals surface area contributed by atoms with Crippen LogP contribution in [0.1, 0.15) is 39.0 Å². The first kappa shape index (κ1) is 18.2. The Morgan fingerprint density at radius 2 is 1.96 bits per heavy atom. The molecular formula is C17H31N3O3. The summed E-state index contributed by atoms with van der Waals surface area (Å²) in [4.78, 5) is 26.0. The molecule has 2 fully saturated rings. The van der Waals surface area contributed by atoms with Crippen LogP contribution >= 0.6 is 0 Å². The largest absolute Gasteiger partial charge is 0.469 e. The van der Waals surface area contributed by atoms with E-state index in [4.69, 9.17) is 4.74 Å². The Hall–Kier alpha value is -1.14. The summed E-state index contributed by atoms with van der Waals surface area (Å²) in [6.07, 6.45) is 4.61. The van der Waals surface area contributed by atoms with Gasteiger partial charge in [0.2, 0.25) is 5.91 Å². The molecular weight excluding hydrogens is 294 g/mol. The SMILES string of the molecule is COC(=O)C1CCN(CCCNC(=O)[C@H]2CCN[C@@H](C)C2)CC1. The molecule has 1 amide bonds. The number of ether oxygens (including phenoxy) is 1. The maximum atomic E-state index is 12.1. The summed E-state index contributed by atoms with van der Waals surface area (Å²) in [5, 5.41) is 6.45. The third kappa shape index (κ3) is 5.77. The highest BCUT2D eigenvalue weighted by atomic mass is 16.5. The summed E-state index contributed by atoms with van der Waals surface area (Å²) in [6.45, 7) is 6.69. The standard InChI is InChI=1S/C17H31N3O3/c1-13-12-15(4-8-18-13)16(21)19-7-3-9-20-10-5-14(6-11-20)17(22)23-2/h13-15,18H,3-12H2,1-2H3,(H,19,21)/t13-,15-/m0/s1. The number of amides is 1. The molecule has 2 saturated heterocycles. The van der Waals surface area contributed by atoms with Crippen LogP contribution in [0.2, 0.25) is 0 Å². The van der Waals surface area contributed by atoms with Gasteiger partial charge in [-0.25, -0.2) is 0 Å². The van der Waals surface area contributed by atoms with Crippen LogP contribution in [-0.2, 0) is 14.3 Å². The van der Waals surface area contributed by atoms with E-state index in [9.17, 15) is 9.59 Å². The fraction of sp³-hybridized carbons (Fsp3) is 0.882. The molecule has 0 saturated carbocycles. The zero-order valence-corrected chi connectivity index (χ0v) is 14.5. The van der Waals surface area contributed by atoms with Crippen molar-refractivity contribution in [1.82, 2.24) is 15.5 Å². The van der Waals surface area contributed by atoms with E-state index < -0.39 is 0 Å². The second kappa shape index (κ2) is 9.23. The Morgan fingerprint density at radius 1 is 1.22 bits per heavy atom. The van der Waals surface area contributed by atoms with Crippen LogP contribution < -0.4 is 10.6 Å². The molecule has 23 heavy (non-hydrogen) atoms. The highest BCUT2D eigenvalue weighted by Gasteiger charge is 2.26. The highest BCUT2D eigenvalue weighted by Crippen LogP contribution is 2.18. The monoisotopic (exact) mass is 325 g/mol. The predicted octanol–water partition coefficient (Wildman–Crippen LogP) is 0.766. The molecule has 2 N–H and O–H groups in total. The van der Waals surface area contributed by atoms with Crippen molar-refractivity contribution in [1.29, 1.82) is 0 Å². The minimum absolute atomic E-state index is 0.0675. The number of methoxy groups -OCH3 is 1. The summed E-state index contributed by atoms with van der Waals surface area (Å²) in [5.41, 5.74) is 0. The molecule has 0 aromatic carbocycles. The van der Waals surface area contributed by atoms with Crippen molar-refractivity contribution >= 4 is 11.9 Å². The second-order valence-electron chi connectivity index (χ2n) is 6.86. The van der Waals surface area contributed by atoms with E-state index in [1.807, 2.05) is 0 Å². The first-order valence-corrected chi connectivity index (χ1v) is 8.91. The predicted molar refractivity (Wildman–Crippen MR) is 89.0 cm³/mol. The molecule has 0 spiro atoms. The summed E-state index contributed by atoms with van der Waals surface area (Å²) in [5.74, 6) is 0.371. The van der Waals surface area contributed by atoms with Gasteiger partial charge in [-0.3, -0.25) is 9.59 Å². The van der Waals surface area contributed by atoms with Gasteiger partial charge in [-0.15, -0.1) is 0 Å². The zero-order valence-electron chi connectivity index (χ0n) is 14.5. The van der Waals surface area contributed by atoms with E-state index >= 15 is 0 Å². The van der Waals surface area contributed by atoms with Crippen molar-refractivity contribution in [2.75, 3.05) is 39.8 Å². The number of rotatable bonds is 6. The van der Waals surface area contributed by atoms with Gasteiger partial charge < -0.3 is 20.3 Å². The number of carbonyl (C=O) groups is 2. The number of nitrogens with one attached hydrogen (secondary N) is 2. The fourth-order valence-corrected chi connectivity index (χ4v) is 3.59. The average molecular weight is 325 g/mol. The van der Waals surface area contributed by atoms with E-state index in [2.05, 4.69) is 22.5 Å². The number of carbonyl (C=O) groups excluding carboxylic acids is 2. The molecule has 2 heterocycles. The number of esters is 1. The Labute approximate surface area is 139 Å². The smallest absolute Gasteiger partial charge is 0.308 e. The molecule has 0 bridgehead atoms. The molecule has 2 aliphatic heterocycles. The molecule has 2 atom stereocenters. The van der Waals surface area contributed by atoms with Gasteiger partial charge in [0.15, 0.2) is 0 Å². The van der Waals surface area contributed by atoms with E-state index in [0.29, 0.717) is 6.04 Å². The second-order valence-corrected chi connectivity index (χ2v) is 6.86. The Morgan fingerprint density at radius 3 is 2.61 bits per heavy atom. The van der Waals surface area contributed by atoms with E-state index in [1.54, 1.807) is 0 Å². The number of hydrogen-bond donors (Lipinski definition) is 2. The van der Waals surface area contributed by atoms with E-state index in [1.165, 1.54) is 7.11 Å². The van der Waals surface area contributed by atoms with Crippen LogP contribution in [0.15, 0.2) is 0 Å². The summed E-state index contributed by atoms with van der Waals surface area (Å²) < 4.78 is 4.81. The fourth-order valence-electron chi connectivity index (χ4n) is 3.59. The summed E-state index contributed by atoms with van der Waals surface area (Å²) in [6, 6.07) is 0.440. The van der Waals surface area contributed by atoms with Gasteiger partial charge in [-0.05, 0) is 65.2 Å². The first-order valence-electron chi connectivity index (χ1n) is 8.91. The molecule has 2 aliphatic rings. The molecule has 6 nitrogen and oxygen atoms in total. The van der Waals surface area contributed by atoms with Gasteiger partial charge in [0.1, 0.15) is 0 Å². The maximum absolute atomic E-state index is 12.1. The van der Waals surface area contributed by atoms with Crippen LogP contribution in [-0.4, -0.2) is 62.7 Å². The van der Waals surface area contributed by atoms with Gasteiger partial charge in [-0.2, -0.15) is 0 Å². The molecule has 132 valence electrons. The molecule has 0 unspecified atom stereocenters. The van der Waals surface area contributed by atoms with Gasteiger partial charge in [0.25, 0.3) is 0 Å². The summed E-state index contributed by atoms with van der Waals surface area (Å²) >= 11 is 0. The van der Waals surface area contributed by atoms with Crippen molar-refractivity contribution in [2.45, 2.75) is 45.1 Å². The molecule has 0 aromatic rings. The lowest BCUT2D eigenvalue weighted by Gasteiger charge is -2.30. The van der Waals surface area contributed by atoms with Crippen LogP contribution in [0.3, 0.4) is 0 Å². The lowest BCUT2D eigenvalue weighted by atomic mass is 9.92. The van der Waals surface area contributed by atoms with Crippen molar-refractivity contribution < 1.29 is 14.3 Å². The average Bonchev–Trinajstić information content (AvgIpc) is 2.58. The minimum atomic E-state index is -0.0758. The molecule has 6 heteroatoms. The molecule has 2 rings (SSSR count). The lowest BCUT2D eigenvalue weighted by Crippen LogP contribution is -2.43. The van der Waals surface area contributed by atoms with Crippen LogP contribution in [0, 0.1) is 11.8 Å². The zero-order chi connectivity index (χ0) is 16.7. The van der Waals surface area contributed by atoms with Crippen LogP contribution in [0.25, 0.3) is 0 Å². The lowest BCUT2D eigenvalue weighted by molar-refractivity contribution is -0.147. The Kier molecular flexibility index (Phi) is 7.30. The first-order chi connectivity index (χ1) is 11.1. The van der Waals surface area contributed by atoms with Gasteiger partial charge in [0.05, 0.1) is 13.0 Å². The topological polar surface area (TPSA) is 70.7 Å². The van der Waals surface area contributed by atoms with Gasteiger partial charge in [-0.1, -0.05) is 0 Å². The number of hydrogen-bond acceptors (Lipinski definition) is 5. The molecule has 0 aliphatic carbocycles. The van der Waals surface area contributed by atoms with Crippen molar-refractivity contribution in [3.8, 4) is 0 Å². The van der Waals surface area contributed by atoms with Gasteiger partial charge in [0, 0.05) is 18.5 Å². The third-order valence-electron chi connectivity index (χ3n) is 5.07. The van der Waals surface area contributed by atoms with Crippen LogP contribution in [0.4, 0.5) is 0 Å². The number of likely N-dealkylation sites (tertiary alicyclic amines) is 1. The van der Waals surface area contributed by atoms with Crippen molar-refractivity contribution in [3.63, 3.8) is 0 Å². The quantitative estimate of drug-likeness (QED) is 0.557. The Bertz CT molecular complexity index is 395. The molecule has 0 radical (unpaired) electrons. The van der Waals surface area contributed by atoms with Crippen molar-refractivity contribution in [3.05, 3.63) is 0 Å². The van der Waals surface area contributed by atoms with Gasteiger partial charge >= 0.3 is 5.97 Å². The Balaban J connectivity index is 1.56. The van der Waals surface area contributed by atoms with Crippen molar-refractivity contribution in [2.24, 2.45) is 11.8 Å². The minimum Gasteiger partial charge on any atom is -0.469 e. The molecule has 0 aromatic heterocycles. The number of nitrogens with zero attached hydrogens (tertiary/aromatic N) is 1. The third-order valence-corrected chi connectivity index (χ3v) is 5.07. The normalized spacial score (nSPS) is 26.7. The van der Waals surface area contributed by atoms with Crippen LogP contribution in [0.5, 0.6) is 0 Å². The van der Waals surface area contributed by atoms with E-state index in [-0.39, 0.29) is 23.7 Å². The van der Waals surface area contributed by atoms with E-state index in [0.717, 1.165) is 64.8 Å². The highest BCUT2D eigenvalue weighted by molar-refractivity contribution is 5.78. The maximum Gasteiger partial charge on any atom is 0.308 e.